The molecule has 0 unspecified atom stereocenters. The van der Waals surface area contributed by atoms with Crippen LogP contribution in [0.1, 0.15) is 25.7 Å². The van der Waals surface area contributed by atoms with Crippen LogP contribution in [0, 0.1) is 11.8 Å². The van der Waals surface area contributed by atoms with Gasteiger partial charge in [-0.15, -0.1) is 0 Å². The van der Waals surface area contributed by atoms with Gasteiger partial charge in [0.1, 0.15) is 5.69 Å². The topological polar surface area (TPSA) is 51.3 Å². The number of hydrogen-bond acceptors (Lipinski definition) is 3. The lowest BCUT2D eigenvalue weighted by Gasteiger charge is -2.33. The fraction of sp³-hybridized carbons (Fsp3) is 0.391. The number of furan rings is 1. The Labute approximate surface area is 165 Å². The van der Waals surface area contributed by atoms with Crippen molar-refractivity contribution in [1.29, 1.82) is 0 Å². The monoisotopic (exact) mass is 375 g/mol. The van der Waals surface area contributed by atoms with Gasteiger partial charge in [-0.1, -0.05) is 30.3 Å². The number of piperidine rings is 1. The summed E-state index contributed by atoms with van der Waals surface area (Å²) in [5, 5.41) is 0. The Morgan fingerprint density at radius 1 is 1.11 bits per heavy atom. The molecule has 5 heteroatoms. The summed E-state index contributed by atoms with van der Waals surface area (Å²) in [7, 11) is 0. The summed E-state index contributed by atoms with van der Waals surface area (Å²) in [5.74, 6) is 1.95. The van der Waals surface area contributed by atoms with Crippen LogP contribution in [0.15, 0.2) is 59.5 Å². The lowest BCUT2D eigenvalue weighted by atomic mass is 9.97. The number of carbonyl (C=O) groups is 1. The molecule has 1 amide bonds. The average molecular weight is 375 g/mol. The van der Waals surface area contributed by atoms with Crippen molar-refractivity contribution in [2.75, 3.05) is 13.1 Å². The van der Waals surface area contributed by atoms with Gasteiger partial charge in [-0.2, -0.15) is 0 Å². The summed E-state index contributed by atoms with van der Waals surface area (Å²) in [6, 6.07) is 14.1. The Morgan fingerprint density at radius 2 is 1.96 bits per heavy atom. The third-order valence-electron chi connectivity index (χ3n) is 5.85. The van der Waals surface area contributed by atoms with E-state index >= 15 is 0 Å². The largest absolute Gasteiger partial charge is 0.463 e. The lowest BCUT2D eigenvalue weighted by molar-refractivity contribution is -0.134. The number of hydrogen-bond donors (Lipinski definition) is 0. The van der Waals surface area contributed by atoms with Crippen molar-refractivity contribution in [2.45, 2.75) is 32.2 Å². The molecule has 1 aromatic carbocycles. The molecule has 28 heavy (non-hydrogen) atoms. The first-order valence-electron chi connectivity index (χ1n) is 10.2. The van der Waals surface area contributed by atoms with E-state index in [1.165, 1.54) is 0 Å². The predicted octanol–water partition coefficient (Wildman–Crippen LogP) is 4.46. The highest BCUT2D eigenvalue weighted by atomic mass is 16.3. The molecule has 2 fully saturated rings. The molecular weight excluding hydrogens is 350 g/mol. The van der Waals surface area contributed by atoms with Crippen LogP contribution in [0.2, 0.25) is 0 Å². The second-order valence-corrected chi connectivity index (χ2v) is 8.00. The number of rotatable bonds is 5. The highest BCUT2D eigenvalue weighted by Crippen LogP contribution is 2.34. The minimum atomic E-state index is 0.301. The molecular formula is C23H25N3O2. The summed E-state index contributed by atoms with van der Waals surface area (Å²) >= 11 is 0. The molecule has 0 bridgehead atoms. The molecule has 3 heterocycles. The van der Waals surface area contributed by atoms with Gasteiger partial charge >= 0.3 is 0 Å². The average Bonchev–Trinajstić information content (AvgIpc) is 3.29. The van der Waals surface area contributed by atoms with E-state index in [-0.39, 0.29) is 0 Å². The minimum absolute atomic E-state index is 0.301. The number of amides is 1. The SMILES string of the molecule is O=C(C1CC1)N1CCC[C@@H](Cn2cnc(-c3ccccc3)c2-c2ccco2)C1. The summed E-state index contributed by atoms with van der Waals surface area (Å²) in [5.41, 5.74) is 3.04. The normalized spacial score (nSPS) is 19.7. The van der Waals surface area contributed by atoms with Crippen LogP contribution in [0.4, 0.5) is 0 Å². The van der Waals surface area contributed by atoms with E-state index < -0.39 is 0 Å². The lowest BCUT2D eigenvalue weighted by Crippen LogP contribution is -2.41. The van der Waals surface area contributed by atoms with E-state index in [4.69, 9.17) is 9.40 Å². The Bertz CT molecular complexity index is 942. The van der Waals surface area contributed by atoms with Gasteiger partial charge in [0.15, 0.2) is 5.76 Å². The maximum absolute atomic E-state index is 12.5. The highest BCUT2D eigenvalue weighted by Gasteiger charge is 2.35. The third kappa shape index (κ3) is 3.37. The highest BCUT2D eigenvalue weighted by molar-refractivity contribution is 5.81. The fourth-order valence-corrected chi connectivity index (χ4v) is 4.28. The van der Waals surface area contributed by atoms with Crippen molar-refractivity contribution < 1.29 is 9.21 Å². The molecule has 2 aliphatic rings. The van der Waals surface area contributed by atoms with Crippen molar-refractivity contribution >= 4 is 5.91 Å². The molecule has 144 valence electrons. The van der Waals surface area contributed by atoms with Gasteiger partial charge in [-0.05, 0) is 43.7 Å². The van der Waals surface area contributed by atoms with E-state index in [0.717, 1.165) is 68.0 Å². The van der Waals surface area contributed by atoms with Crippen molar-refractivity contribution in [3.8, 4) is 22.7 Å². The molecule has 1 saturated carbocycles. The molecule has 5 rings (SSSR count). The van der Waals surface area contributed by atoms with Crippen LogP contribution in [-0.2, 0) is 11.3 Å². The van der Waals surface area contributed by atoms with Gasteiger partial charge in [0.05, 0.1) is 18.3 Å². The first-order chi connectivity index (χ1) is 13.8. The Hall–Kier alpha value is -2.82. The van der Waals surface area contributed by atoms with Gasteiger partial charge in [0.25, 0.3) is 0 Å². The van der Waals surface area contributed by atoms with E-state index in [2.05, 4.69) is 21.6 Å². The first-order valence-corrected chi connectivity index (χ1v) is 10.2. The maximum Gasteiger partial charge on any atom is 0.225 e. The molecule has 1 saturated heterocycles. The van der Waals surface area contributed by atoms with Crippen molar-refractivity contribution in [3.05, 3.63) is 55.1 Å². The minimum Gasteiger partial charge on any atom is -0.463 e. The molecule has 1 aliphatic heterocycles. The number of benzene rings is 1. The number of likely N-dealkylation sites (tertiary alicyclic amines) is 1. The number of imidazole rings is 1. The Balaban J connectivity index is 1.42. The molecule has 0 radical (unpaired) electrons. The standard InChI is InChI=1S/C23H25N3O2/c27-23(19-10-11-19)25-12-4-6-17(14-25)15-26-16-24-21(18-7-2-1-3-8-18)22(26)20-9-5-13-28-20/h1-3,5,7-9,13,16-17,19H,4,6,10-12,14-15H2/t17-/m1/s1. The fourth-order valence-electron chi connectivity index (χ4n) is 4.28. The zero-order chi connectivity index (χ0) is 18.9. The first kappa shape index (κ1) is 17.3. The zero-order valence-electron chi connectivity index (χ0n) is 16.0. The number of carbonyl (C=O) groups excluding carboxylic acids is 1. The van der Waals surface area contributed by atoms with Crippen molar-refractivity contribution in [2.24, 2.45) is 11.8 Å². The molecule has 0 N–H and O–H groups in total. The summed E-state index contributed by atoms with van der Waals surface area (Å²) < 4.78 is 7.95. The molecule has 0 spiro atoms. The maximum atomic E-state index is 12.5. The second-order valence-electron chi connectivity index (χ2n) is 8.00. The van der Waals surface area contributed by atoms with Crippen LogP contribution in [-0.4, -0.2) is 33.4 Å². The van der Waals surface area contributed by atoms with Gasteiger partial charge in [0, 0.05) is 31.1 Å². The molecule has 5 nitrogen and oxygen atoms in total. The van der Waals surface area contributed by atoms with E-state index in [9.17, 15) is 4.79 Å². The van der Waals surface area contributed by atoms with Crippen molar-refractivity contribution in [1.82, 2.24) is 14.5 Å². The molecule has 3 aromatic rings. The second kappa shape index (κ2) is 7.30. The van der Waals surface area contributed by atoms with E-state index in [1.54, 1.807) is 6.26 Å². The molecule has 1 atom stereocenters. The summed E-state index contributed by atoms with van der Waals surface area (Å²) in [6.07, 6.45) is 8.00. The Morgan fingerprint density at radius 3 is 2.71 bits per heavy atom. The van der Waals surface area contributed by atoms with Gasteiger partial charge < -0.3 is 13.9 Å². The molecule has 2 aromatic heterocycles. The van der Waals surface area contributed by atoms with Crippen LogP contribution in [0.3, 0.4) is 0 Å². The van der Waals surface area contributed by atoms with E-state index in [1.807, 2.05) is 36.7 Å². The predicted molar refractivity (Wildman–Crippen MR) is 107 cm³/mol. The van der Waals surface area contributed by atoms with E-state index in [0.29, 0.717) is 17.7 Å². The number of aromatic nitrogens is 2. The van der Waals surface area contributed by atoms with Gasteiger partial charge in [-0.3, -0.25) is 4.79 Å². The summed E-state index contributed by atoms with van der Waals surface area (Å²) in [6.45, 7) is 2.62. The third-order valence-corrected chi connectivity index (χ3v) is 5.85. The van der Waals surface area contributed by atoms with Gasteiger partial charge in [-0.25, -0.2) is 4.98 Å². The number of nitrogens with zero attached hydrogens (tertiary/aromatic N) is 3. The van der Waals surface area contributed by atoms with Crippen molar-refractivity contribution in [3.63, 3.8) is 0 Å². The summed E-state index contributed by atoms with van der Waals surface area (Å²) in [4.78, 5) is 19.3. The zero-order valence-corrected chi connectivity index (χ0v) is 16.0. The van der Waals surface area contributed by atoms with Crippen LogP contribution < -0.4 is 0 Å². The van der Waals surface area contributed by atoms with Gasteiger partial charge in [0.2, 0.25) is 5.91 Å². The quantitative estimate of drug-likeness (QED) is 0.662. The smallest absolute Gasteiger partial charge is 0.225 e. The Kier molecular flexibility index (Phi) is 4.51. The molecule has 1 aliphatic carbocycles. The van der Waals surface area contributed by atoms with Crippen LogP contribution in [0.5, 0.6) is 0 Å². The van der Waals surface area contributed by atoms with Crippen LogP contribution in [0.25, 0.3) is 22.7 Å². The van der Waals surface area contributed by atoms with Crippen LogP contribution >= 0.6 is 0 Å².